The summed E-state index contributed by atoms with van der Waals surface area (Å²) in [7, 11) is -3.69. The van der Waals surface area contributed by atoms with Gasteiger partial charge in [0.2, 0.25) is 15.9 Å². The zero-order chi connectivity index (χ0) is 23.3. The molecule has 0 aromatic heterocycles. The Bertz CT molecular complexity index is 906. The van der Waals surface area contributed by atoms with Crippen LogP contribution >= 0.6 is 11.6 Å². The van der Waals surface area contributed by atoms with Gasteiger partial charge in [0.05, 0.1) is 5.02 Å². The molecule has 0 spiro atoms. The van der Waals surface area contributed by atoms with Crippen LogP contribution in [0.25, 0.3) is 0 Å². The molecule has 1 aromatic carbocycles. The highest BCUT2D eigenvalue weighted by molar-refractivity contribution is 7.89. The number of hydrogen-bond acceptors (Lipinski definition) is 4. The summed E-state index contributed by atoms with van der Waals surface area (Å²) in [6.07, 6.45) is 3.17. The van der Waals surface area contributed by atoms with Crippen LogP contribution < -0.4 is 5.32 Å². The summed E-state index contributed by atoms with van der Waals surface area (Å²) < 4.78 is 27.1. The highest BCUT2D eigenvalue weighted by atomic mass is 35.5. The second-order valence-electron chi connectivity index (χ2n) is 8.38. The molecule has 2 heterocycles. The molecule has 1 aromatic rings. The largest absolute Gasteiger partial charge is 0.342 e. The summed E-state index contributed by atoms with van der Waals surface area (Å²) in [6, 6.07) is 6.24. The number of hydrogen-bond donors (Lipinski definition) is 1. The molecule has 10 heteroatoms. The van der Waals surface area contributed by atoms with E-state index in [0.29, 0.717) is 26.2 Å². The number of urea groups is 1. The molecule has 0 atom stereocenters. The van der Waals surface area contributed by atoms with Crippen LogP contribution in [0.4, 0.5) is 4.79 Å². The second-order valence-corrected chi connectivity index (χ2v) is 10.7. The maximum atomic E-state index is 12.9. The van der Waals surface area contributed by atoms with Gasteiger partial charge in [-0.1, -0.05) is 37.6 Å². The molecular weight excluding hydrogens is 452 g/mol. The van der Waals surface area contributed by atoms with Crippen molar-refractivity contribution in [3.05, 3.63) is 29.3 Å². The summed E-state index contributed by atoms with van der Waals surface area (Å²) in [5.74, 6) is 0.301. The molecule has 0 aliphatic carbocycles. The Morgan fingerprint density at radius 2 is 1.59 bits per heavy atom. The standard InChI is InChI=1S/C22H33ClN4O4S/c1-3-17(4-2)21(28)25-11-9-18(10-12-25)24-22(29)26-13-15-27(16-14-26)32(30,31)20-8-6-5-7-19(20)23/h5-8,17-18H,3-4,9-16H2,1-2H3,(H,24,29). The first-order valence-electron chi connectivity index (χ1n) is 11.4. The van der Waals surface area contributed by atoms with Crippen LogP contribution in [0, 0.1) is 5.92 Å². The number of sulfonamides is 1. The second kappa shape index (κ2) is 10.9. The summed E-state index contributed by atoms with van der Waals surface area (Å²) in [4.78, 5) is 28.9. The van der Waals surface area contributed by atoms with Crippen molar-refractivity contribution < 1.29 is 18.0 Å². The number of nitrogens with zero attached hydrogens (tertiary/aromatic N) is 3. The van der Waals surface area contributed by atoms with E-state index < -0.39 is 10.0 Å². The van der Waals surface area contributed by atoms with Gasteiger partial charge in [0.25, 0.3) is 0 Å². The van der Waals surface area contributed by atoms with Crippen molar-refractivity contribution in [2.45, 2.75) is 50.5 Å². The Morgan fingerprint density at radius 1 is 1.00 bits per heavy atom. The third-order valence-electron chi connectivity index (χ3n) is 6.45. The monoisotopic (exact) mass is 484 g/mol. The molecule has 0 saturated carbocycles. The predicted octanol–water partition coefficient (Wildman–Crippen LogP) is 2.78. The first kappa shape index (κ1) is 24.8. The van der Waals surface area contributed by atoms with E-state index in [0.717, 1.165) is 25.7 Å². The zero-order valence-electron chi connectivity index (χ0n) is 18.8. The van der Waals surface area contributed by atoms with Crippen LogP contribution in [0.2, 0.25) is 5.02 Å². The van der Waals surface area contributed by atoms with Gasteiger partial charge in [0.1, 0.15) is 4.90 Å². The number of rotatable bonds is 6. The minimum absolute atomic E-state index is 0.0261. The molecule has 0 bridgehead atoms. The lowest BCUT2D eigenvalue weighted by Gasteiger charge is -2.37. The van der Waals surface area contributed by atoms with Gasteiger partial charge in [-0.05, 0) is 37.8 Å². The molecule has 3 rings (SSSR count). The molecule has 178 valence electrons. The van der Waals surface area contributed by atoms with Gasteiger partial charge in [-0.2, -0.15) is 4.31 Å². The van der Waals surface area contributed by atoms with E-state index in [-0.39, 0.29) is 46.9 Å². The minimum atomic E-state index is -3.69. The first-order valence-corrected chi connectivity index (χ1v) is 13.2. The van der Waals surface area contributed by atoms with E-state index in [1.54, 1.807) is 23.1 Å². The topological polar surface area (TPSA) is 90.0 Å². The molecule has 32 heavy (non-hydrogen) atoms. The Hall–Kier alpha value is -1.84. The fourth-order valence-corrected chi connectivity index (χ4v) is 6.25. The summed E-state index contributed by atoms with van der Waals surface area (Å²) in [5.41, 5.74) is 0. The number of carbonyl (C=O) groups is 2. The number of carbonyl (C=O) groups excluding carboxylic acids is 2. The lowest BCUT2D eigenvalue weighted by atomic mass is 9.98. The van der Waals surface area contributed by atoms with Gasteiger partial charge in [-0.3, -0.25) is 4.79 Å². The zero-order valence-corrected chi connectivity index (χ0v) is 20.4. The molecule has 0 unspecified atom stereocenters. The number of piperazine rings is 1. The van der Waals surface area contributed by atoms with E-state index >= 15 is 0 Å². The van der Waals surface area contributed by atoms with Crippen LogP contribution in [0.1, 0.15) is 39.5 Å². The average molecular weight is 485 g/mol. The van der Waals surface area contributed by atoms with Crippen LogP contribution in [0.5, 0.6) is 0 Å². The highest BCUT2D eigenvalue weighted by Crippen LogP contribution is 2.25. The van der Waals surface area contributed by atoms with Gasteiger partial charge < -0.3 is 15.1 Å². The van der Waals surface area contributed by atoms with Crippen molar-refractivity contribution in [2.24, 2.45) is 5.92 Å². The summed E-state index contributed by atoms with van der Waals surface area (Å²) in [6.45, 7) is 6.49. The van der Waals surface area contributed by atoms with Gasteiger partial charge in [-0.25, -0.2) is 13.2 Å². The lowest BCUT2D eigenvalue weighted by Crippen LogP contribution is -2.56. The number of halogens is 1. The summed E-state index contributed by atoms with van der Waals surface area (Å²) >= 11 is 6.07. The van der Waals surface area contributed by atoms with Crippen LogP contribution in [-0.2, 0) is 14.8 Å². The molecule has 2 saturated heterocycles. The molecule has 2 aliphatic rings. The maximum Gasteiger partial charge on any atom is 0.317 e. The lowest BCUT2D eigenvalue weighted by molar-refractivity contribution is -0.136. The van der Waals surface area contributed by atoms with Gasteiger partial charge >= 0.3 is 6.03 Å². The Kier molecular flexibility index (Phi) is 8.41. The predicted molar refractivity (Wildman–Crippen MR) is 124 cm³/mol. The molecule has 0 radical (unpaired) electrons. The third kappa shape index (κ3) is 5.55. The van der Waals surface area contributed by atoms with E-state index in [1.165, 1.54) is 10.4 Å². The Morgan fingerprint density at radius 3 is 2.16 bits per heavy atom. The van der Waals surface area contributed by atoms with Gasteiger partial charge in [0, 0.05) is 51.2 Å². The van der Waals surface area contributed by atoms with Crippen molar-refractivity contribution in [1.82, 2.24) is 19.4 Å². The number of nitrogens with one attached hydrogen (secondary N) is 1. The number of benzene rings is 1. The van der Waals surface area contributed by atoms with Crippen LogP contribution in [-0.4, -0.2) is 79.8 Å². The molecular formula is C22H33ClN4O4S. The van der Waals surface area contributed by atoms with Crippen molar-refractivity contribution in [1.29, 1.82) is 0 Å². The van der Waals surface area contributed by atoms with Crippen molar-refractivity contribution >= 4 is 33.6 Å². The summed E-state index contributed by atoms with van der Waals surface area (Å²) in [5, 5.41) is 3.26. The van der Waals surface area contributed by atoms with Crippen molar-refractivity contribution in [3.63, 3.8) is 0 Å². The third-order valence-corrected chi connectivity index (χ3v) is 8.85. The molecule has 2 aliphatic heterocycles. The first-order chi connectivity index (χ1) is 15.3. The van der Waals surface area contributed by atoms with Crippen LogP contribution in [0.3, 0.4) is 0 Å². The van der Waals surface area contributed by atoms with E-state index in [9.17, 15) is 18.0 Å². The van der Waals surface area contributed by atoms with Crippen molar-refractivity contribution in [3.8, 4) is 0 Å². The Labute approximate surface area is 195 Å². The van der Waals surface area contributed by atoms with E-state index in [4.69, 9.17) is 11.6 Å². The highest BCUT2D eigenvalue weighted by Gasteiger charge is 2.33. The number of likely N-dealkylation sites (tertiary alicyclic amines) is 1. The average Bonchev–Trinajstić information content (AvgIpc) is 2.80. The maximum absolute atomic E-state index is 12.9. The van der Waals surface area contributed by atoms with Gasteiger partial charge in [0.15, 0.2) is 0 Å². The van der Waals surface area contributed by atoms with Crippen LogP contribution in [0.15, 0.2) is 29.2 Å². The minimum Gasteiger partial charge on any atom is -0.342 e. The molecule has 1 N–H and O–H groups in total. The molecule has 8 nitrogen and oxygen atoms in total. The SMILES string of the molecule is CCC(CC)C(=O)N1CCC(NC(=O)N2CCN(S(=O)(=O)c3ccccc3Cl)CC2)CC1. The normalized spacial score (nSPS) is 18.8. The molecule has 3 amide bonds. The Balaban J connectivity index is 1.47. The number of amides is 3. The van der Waals surface area contributed by atoms with E-state index in [1.807, 2.05) is 18.7 Å². The fraction of sp³-hybridized carbons (Fsp3) is 0.636. The fourth-order valence-electron chi connectivity index (χ4n) is 4.33. The molecule has 2 fully saturated rings. The number of piperidine rings is 1. The smallest absolute Gasteiger partial charge is 0.317 e. The van der Waals surface area contributed by atoms with Gasteiger partial charge in [-0.15, -0.1) is 0 Å². The van der Waals surface area contributed by atoms with Crippen molar-refractivity contribution in [2.75, 3.05) is 39.3 Å². The quantitative estimate of drug-likeness (QED) is 0.672. The van der Waals surface area contributed by atoms with E-state index in [2.05, 4.69) is 5.32 Å².